The van der Waals surface area contributed by atoms with Crippen LogP contribution in [0, 0.1) is 0 Å². The van der Waals surface area contributed by atoms with E-state index in [1.807, 2.05) is 18.2 Å². The highest BCUT2D eigenvalue weighted by Crippen LogP contribution is 2.54. The number of methoxy groups -OCH3 is 1. The van der Waals surface area contributed by atoms with E-state index in [0.29, 0.717) is 6.61 Å². The van der Waals surface area contributed by atoms with Crippen molar-refractivity contribution in [2.75, 3.05) is 13.7 Å². The predicted molar refractivity (Wildman–Crippen MR) is 108 cm³/mol. The van der Waals surface area contributed by atoms with Gasteiger partial charge in [0.05, 0.1) is 31.1 Å². The SMILES string of the molecule is COc1cccc2c1O[C@@]1(CCOC(C)(C)C1)N1N=C(c3ccccc3)C[C@@H]21. The van der Waals surface area contributed by atoms with Crippen LogP contribution in [0.4, 0.5) is 0 Å². The Morgan fingerprint density at radius 3 is 2.68 bits per heavy atom. The molecule has 28 heavy (non-hydrogen) atoms. The van der Waals surface area contributed by atoms with Crippen LogP contribution in [0.3, 0.4) is 0 Å². The van der Waals surface area contributed by atoms with E-state index in [2.05, 4.69) is 49.2 Å². The number of hydrazone groups is 1. The number of ether oxygens (including phenoxy) is 3. The van der Waals surface area contributed by atoms with E-state index in [0.717, 1.165) is 42.0 Å². The van der Waals surface area contributed by atoms with Crippen molar-refractivity contribution < 1.29 is 14.2 Å². The monoisotopic (exact) mass is 378 g/mol. The number of fused-ring (bicyclic) bond motifs is 4. The van der Waals surface area contributed by atoms with E-state index >= 15 is 0 Å². The van der Waals surface area contributed by atoms with Gasteiger partial charge in [0.1, 0.15) is 0 Å². The molecule has 0 N–H and O–H groups in total. The van der Waals surface area contributed by atoms with Gasteiger partial charge in [-0.3, -0.25) is 0 Å². The molecule has 5 rings (SSSR count). The largest absolute Gasteiger partial charge is 0.493 e. The standard InChI is InChI=1S/C23H26N2O3/c1-22(2)15-23(12-13-27-22)25-19(14-18(24-25)16-8-5-4-6-9-16)17-10-7-11-20(26-3)21(17)28-23/h4-11,19H,12-15H2,1-3H3/t19-,23+/m0/s1. The Morgan fingerprint density at radius 1 is 1.11 bits per heavy atom. The molecular weight excluding hydrogens is 352 g/mol. The zero-order valence-electron chi connectivity index (χ0n) is 16.6. The highest BCUT2D eigenvalue weighted by atomic mass is 16.6. The molecule has 3 aliphatic rings. The van der Waals surface area contributed by atoms with Gasteiger partial charge in [0.25, 0.3) is 0 Å². The predicted octanol–water partition coefficient (Wildman–Crippen LogP) is 4.52. The highest BCUT2D eigenvalue weighted by molar-refractivity contribution is 6.02. The molecule has 2 aromatic carbocycles. The van der Waals surface area contributed by atoms with Crippen molar-refractivity contribution in [3.05, 3.63) is 59.7 Å². The molecule has 0 bridgehead atoms. The van der Waals surface area contributed by atoms with Gasteiger partial charge in [-0.2, -0.15) is 5.10 Å². The van der Waals surface area contributed by atoms with Crippen LogP contribution in [0.1, 0.15) is 50.3 Å². The fourth-order valence-electron chi connectivity index (χ4n) is 4.81. The van der Waals surface area contributed by atoms with Gasteiger partial charge in [-0.15, -0.1) is 0 Å². The topological polar surface area (TPSA) is 43.3 Å². The lowest BCUT2D eigenvalue weighted by Crippen LogP contribution is -2.60. The third-order valence-corrected chi connectivity index (χ3v) is 6.00. The molecule has 1 fully saturated rings. The Hall–Kier alpha value is -2.53. The van der Waals surface area contributed by atoms with Crippen LogP contribution in [-0.4, -0.2) is 35.8 Å². The van der Waals surface area contributed by atoms with Crippen LogP contribution in [0.25, 0.3) is 0 Å². The molecule has 0 radical (unpaired) electrons. The van der Waals surface area contributed by atoms with Gasteiger partial charge in [-0.05, 0) is 25.5 Å². The summed E-state index contributed by atoms with van der Waals surface area (Å²) in [6.45, 7) is 4.90. The summed E-state index contributed by atoms with van der Waals surface area (Å²) in [4.78, 5) is 0. The number of hydrogen-bond donors (Lipinski definition) is 0. The van der Waals surface area contributed by atoms with Crippen molar-refractivity contribution in [2.24, 2.45) is 5.10 Å². The van der Waals surface area contributed by atoms with Gasteiger partial charge in [0, 0.05) is 24.8 Å². The molecule has 3 aliphatic heterocycles. The van der Waals surface area contributed by atoms with Crippen LogP contribution in [0.2, 0.25) is 0 Å². The van der Waals surface area contributed by atoms with Crippen LogP contribution in [-0.2, 0) is 4.74 Å². The quantitative estimate of drug-likeness (QED) is 0.770. The molecule has 2 aromatic rings. The minimum absolute atomic E-state index is 0.142. The molecule has 0 saturated carbocycles. The zero-order valence-corrected chi connectivity index (χ0v) is 16.6. The molecule has 3 heterocycles. The third-order valence-electron chi connectivity index (χ3n) is 6.00. The second-order valence-corrected chi connectivity index (χ2v) is 8.44. The van der Waals surface area contributed by atoms with Gasteiger partial charge < -0.3 is 14.2 Å². The number of rotatable bonds is 2. The first-order valence-electron chi connectivity index (χ1n) is 9.93. The number of nitrogens with zero attached hydrogens (tertiary/aromatic N) is 2. The van der Waals surface area contributed by atoms with Crippen LogP contribution in [0.15, 0.2) is 53.6 Å². The molecule has 5 nitrogen and oxygen atoms in total. The summed E-state index contributed by atoms with van der Waals surface area (Å²) < 4.78 is 18.4. The summed E-state index contributed by atoms with van der Waals surface area (Å²) in [6, 6.07) is 16.7. The average Bonchev–Trinajstić information content (AvgIpc) is 3.14. The Labute approximate surface area is 165 Å². The second kappa shape index (κ2) is 6.24. The van der Waals surface area contributed by atoms with Crippen LogP contribution >= 0.6 is 0 Å². The minimum Gasteiger partial charge on any atom is -0.493 e. The summed E-state index contributed by atoms with van der Waals surface area (Å²) in [6.07, 6.45) is 2.38. The van der Waals surface area contributed by atoms with Crippen molar-refractivity contribution in [1.29, 1.82) is 0 Å². The van der Waals surface area contributed by atoms with Gasteiger partial charge in [-0.25, -0.2) is 5.01 Å². The summed E-state index contributed by atoms with van der Waals surface area (Å²) >= 11 is 0. The first kappa shape index (κ1) is 17.6. The number of benzene rings is 2. The first-order chi connectivity index (χ1) is 13.5. The number of para-hydroxylation sites is 1. The Morgan fingerprint density at radius 2 is 1.93 bits per heavy atom. The summed E-state index contributed by atoms with van der Waals surface area (Å²) in [5.41, 5.74) is 2.62. The molecule has 0 amide bonds. The van der Waals surface area contributed by atoms with Crippen molar-refractivity contribution >= 4 is 5.71 Å². The summed E-state index contributed by atoms with van der Waals surface area (Å²) in [5.74, 6) is 1.64. The highest BCUT2D eigenvalue weighted by Gasteiger charge is 2.55. The summed E-state index contributed by atoms with van der Waals surface area (Å²) in [7, 11) is 1.70. The van der Waals surface area contributed by atoms with E-state index in [1.54, 1.807) is 7.11 Å². The third kappa shape index (κ3) is 2.68. The maximum Gasteiger partial charge on any atom is 0.203 e. The Kier molecular flexibility index (Phi) is 3.91. The lowest BCUT2D eigenvalue weighted by Gasteiger charge is -2.52. The van der Waals surface area contributed by atoms with Crippen molar-refractivity contribution in [3.63, 3.8) is 0 Å². The Bertz CT molecular complexity index is 925. The second-order valence-electron chi connectivity index (χ2n) is 8.44. The molecule has 0 aromatic heterocycles. The van der Waals surface area contributed by atoms with Gasteiger partial charge in [0.2, 0.25) is 5.72 Å². The van der Waals surface area contributed by atoms with E-state index < -0.39 is 5.72 Å². The number of hydrogen-bond acceptors (Lipinski definition) is 5. The average molecular weight is 378 g/mol. The molecule has 1 spiro atoms. The van der Waals surface area contributed by atoms with Crippen molar-refractivity contribution in [3.8, 4) is 11.5 Å². The van der Waals surface area contributed by atoms with Gasteiger partial charge >= 0.3 is 0 Å². The van der Waals surface area contributed by atoms with E-state index in [-0.39, 0.29) is 11.6 Å². The normalized spacial score (nSPS) is 27.6. The summed E-state index contributed by atoms with van der Waals surface area (Å²) in [5, 5.41) is 7.32. The lowest BCUT2D eigenvalue weighted by molar-refractivity contribution is -0.212. The molecule has 1 saturated heterocycles. The lowest BCUT2D eigenvalue weighted by atomic mass is 9.86. The van der Waals surface area contributed by atoms with Gasteiger partial charge in [0.15, 0.2) is 11.5 Å². The Balaban J connectivity index is 1.64. The molecular formula is C23H26N2O3. The zero-order chi connectivity index (χ0) is 19.4. The smallest absolute Gasteiger partial charge is 0.203 e. The van der Waals surface area contributed by atoms with E-state index in [9.17, 15) is 0 Å². The fraction of sp³-hybridized carbons (Fsp3) is 0.435. The molecule has 2 atom stereocenters. The van der Waals surface area contributed by atoms with Crippen molar-refractivity contribution in [1.82, 2.24) is 5.01 Å². The van der Waals surface area contributed by atoms with Crippen LogP contribution < -0.4 is 9.47 Å². The van der Waals surface area contributed by atoms with E-state index in [4.69, 9.17) is 19.3 Å². The maximum absolute atomic E-state index is 6.73. The molecule has 0 aliphatic carbocycles. The van der Waals surface area contributed by atoms with Crippen molar-refractivity contribution in [2.45, 2.75) is 50.5 Å². The molecule has 146 valence electrons. The maximum atomic E-state index is 6.73. The first-order valence-corrected chi connectivity index (χ1v) is 9.93. The fourth-order valence-corrected chi connectivity index (χ4v) is 4.81. The molecule has 5 heteroatoms. The van der Waals surface area contributed by atoms with E-state index in [1.165, 1.54) is 5.56 Å². The minimum atomic E-state index is -0.523. The van der Waals surface area contributed by atoms with Gasteiger partial charge in [-0.1, -0.05) is 42.5 Å². The molecule has 0 unspecified atom stereocenters. The van der Waals surface area contributed by atoms with Crippen LogP contribution in [0.5, 0.6) is 11.5 Å².